The molecule has 0 bridgehead atoms. The van der Waals surface area contributed by atoms with Gasteiger partial charge < -0.3 is 20.3 Å². The van der Waals surface area contributed by atoms with Crippen LogP contribution in [0.4, 0.5) is 10.5 Å². The molecule has 1 fully saturated rings. The number of urea groups is 1. The van der Waals surface area contributed by atoms with Crippen LogP contribution in [-0.4, -0.2) is 67.7 Å². The van der Waals surface area contributed by atoms with E-state index in [0.29, 0.717) is 24.4 Å². The molecule has 2 aromatic rings. The summed E-state index contributed by atoms with van der Waals surface area (Å²) in [5.41, 5.74) is 2.40. The summed E-state index contributed by atoms with van der Waals surface area (Å²) >= 11 is 5.96. The molecule has 2 aromatic carbocycles. The van der Waals surface area contributed by atoms with Crippen LogP contribution in [0.5, 0.6) is 0 Å². The van der Waals surface area contributed by atoms with E-state index in [9.17, 15) is 9.59 Å². The van der Waals surface area contributed by atoms with Crippen LogP contribution in [0.25, 0.3) is 0 Å². The first-order valence-electron chi connectivity index (χ1n) is 11.5. The number of carbonyl (C=O) groups is 2. The zero-order valence-electron chi connectivity index (χ0n) is 19.2. The van der Waals surface area contributed by atoms with Gasteiger partial charge in [0.15, 0.2) is 0 Å². The van der Waals surface area contributed by atoms with Crippen molar-refractivity contribution in [2.24, 2.45) is 0 Å². The second kappa shape index (κ2) is 13.2. The Bertz CT molecular complexity index is 882. The Morgan fingerprint density at radius 2 is 1.61 bits per heavy atom. The van der Waals surface area contributed by atoms with Crippen molar-refractivity contribution in [2.75, 3.05) is 51.2 Å². The fourth-order valence-electron chi connectivity index (χ4n) is 3.76. The number of piperazine rings is 1. The molecule has 0 atom stereocenters. The van der Waals surface area contributed by atoms with Gasteiger partial charge >= 0.3 is 12.0 Å². The first-order chi connectivity index (χ1) is 16.0. The topological polar surface area (TPSA) is 73.9 Å². The molecule has 33 heavy (non-hydrogen) atoms. The van der Waals surface area contributed by atoms with Gasteiger partial charge in [0, 0.05) is 50.0 Å². The van der Waals surface area contributed by atoms with E-state index in [1.807, 2.05) is 12.1 Å². The van der Waals surface area contributed by atoms with Gasteiger partial charge in [0.1, 0.15) is 0 Å². The highest BCUT2D eigenvalue weighted by Crippen LogP contribution is 2.13. The van der Waals surface area contributed by atoms with Gasteiger partial charge in [-0.3, -0.25) is 4.90 Å². The van der Waals surface area contributed by atoms with Crippen LogP contribution in [0.3, 0.4) is 0 Å². The van der Waals surface area contributed by atoms with Crippen molar-refractivity contribution in [3.63, 3.8) is 0 Å². The van der Waals surface area contributed by atoms with Crippen LogP contribution in [0.1, 0.15) is 35.7 Å². The fraction of sp³-hybridized carbons (Fsp3) is 0.440. The average Bonchev–Trinajstić information content (AvgIpc) is 2.82. The van der Waals surface area contributed by atoms with Crippen molar-refractivity contribution < 1.29 is 14.3 Å². The van der Waals surface area contributed by atoms with Crippen LogP contribution in [0.15, 0.2) is 48.5 Å². The van der Waals surface area contributed by atoms with Crippen LogP contribution in [-0.2, 0) is 11.3 Å². The van der Waals surface area contributed by atoms with Gasteiger partial charge in [-0.15, -0.1) is 0 Å². The molecular formula is C25H33ClN4O3. The number of halogens is 1. The molecule has 2 amide bonds. The van der Waals surface area contributed by atoms with E-state index in [-0.39, 0.29) is 12.0 Å². The lowest BCUT2D eigenvalue weighted by molar-refractivity contribution is 0.0526. The zero-order chi connectivity index (χ0) is 23.5. The molecule has 1 saturated heterocycles. The molecule has 0 unspecified atom stereocenters. The summed E-state index contributed by atoms with van der Waals surface area (Å²) in [4.78, 5) is 28.7. The monoisotopic (exact) mass is 472 g/mol. The van der Waals surface area contributed by atoms with Gasteiger partial charge in [0.2, 0.25) is 0 Å². The molecule has 8 heteroatoms. The number of carbonyl (C=O) groups excluding carboxylic acids is 2. The number of rotatable bonds is 10. The summed E-state index contributed by atoms with van der Waals surface area (Å²) in [5, 5.41) is 6.45. The highest BCUT2D eigenvalue weighted by molar-refractivity contribution is 6.30. The van der Waals surface area contributed by atoms with E-state index in [1.165, 1.54) is 5.56 Å². The van der Waals surface area contributed by atoms with Crippen molar-refractivity contribution >= 4 is 29.3 Å². The molecule has 7 nitrogen and oxygen atoms in total. The zero-order valence-corrected chi connectivity index (χ0v) is 19.9. The molecule has 0 aromatic heterocycles. The number of hydrogen-bond acceptors (Lipinski definition) is 5. The van der Waals surface area contributed by atoms with Crippen molar-refractivity contribution in [3.8, 4) is 0 Å². The highest BCUT2D eigenvalue weighted by Gasteiger charge is 2.16. The molecule has 0 saturated carbocycles. The summed E-state index contributed by atoms with van der Waals surface area (Å²) in [6, 6.07) is 14.5. The van der Waals surface area contributed by atoms with Gasteiger partial charge in [0.05, 0.1) is 12.2 Å². The number of esters is 1. The number of anilines is 1. The Morgan fingerprint density at radius 1 is 0.939 bits per heavy atom. The third-order valence-corrected chi connectivity index (χ3v) is 5.88. The van der Waals surface area contributed by atoms with Crippen molar-refractivity contribution in [3.05, 3.63) is 64.7 Å². The van der Waals surface area contributed by atoms with Gasteiger partial charge in [-0.1, -0.05) is 23.7 Å². The Kier molecular flexibility index (Phi) is 10.00. The third-order valence-electron chi connectivity index (χ3n) is 5.62. The standard InChI is InChI=1S/C25H33ClN4O3/c1-2-33-24(31)21-7-11-23(12-8-21)28-25(32)27-13-3-4-14-29-15-17-30(18-16-29)19-20-5-9-22(26)10-6-20/h5-12H,2-4,13-19H2,1H3,(H2,27,28,32). The van der Waals surface area contributed by atoms with E-state index in [1.54, 1.807) is 31.2 Å². The minimum Gasteiger partial charge on any atom is -0.462 e. The van der Waals surface area contributed by atoms with Crippen LogP contribution in [0, 0.1) is 0 Å². The number of hydrogen-bond donors (Lipinski definition) is 2. The summed E-state index contributed by atoms with van der Waals surface area (Å²) in [6.07, 6.45) is 1.98. The van der Waals surface area contributed by atoms with Crippen LogP contribution in [0.2, 0.25) is 5.02 Å². The Labute approximate surface area is 201 Å². The van der Waals surface area contributed by atoms with Crippen LogP contribution < -0.4 is 10.6 Å². The van der Waals surface area contributed by atoms with Gasteiger partial charge in [-0.05, 0) is 68.3 Å². The molecule has 1 aliphatic heterocycles. The number of nitrogens with zero attached hydrogens (tertiary/aromatic N) is 2. The second-order valence-corrected chi connectivity index (χ2v) is 8.57. The maximum Gasteiger partial charge on any atom is 0.338 e. The van der Waals surface area contributed by atoms with E-state index < -0.39 is 0 Å². The van der Waals surface area contributed by atoms with Gasteiger partial charge in [-0.2, -0.15) is 0 Å². The van der Waals surface area contributed by atoms with E-state index in [2.05, 4.69) is 32.6 Å². The highest BCUT2D eigenvalue weighted by atomic mass is 35.5. The molecule has 0 radical (unpaired) electrons. The summed E-state index contributed by atoms with van der Waals surface area (Å²) in [7, 11) is 0. The Hall–Kier alpha value is -2.61. The van der Waals surface area contributed by atoms with E-state index >= 15 is 0 Å². The van der Waals surface area contributed by atoms with E-state index in [0.717, 1.165) is 57.1 Å². The number of amides is 2. The first kappa shape index (κ1) is 25.0. The van der Waals surface area contributed by atoms with Crippen molar-refractivity contribution in [2.45, 2.75) is 26.3 Å². The molecular weight excluding hydrogens is 440 g/mol. The lowest BCUT2D eigenvalue weighted by Gasteiger charge is -2.34. The molecule has 0 spiro atoms. The lowest BCUT2D eigenvalue weighted by atomic mass is 10.2. The number of ether oxygens (including phenoxy) is 1. The van der Waals surface area contributed by atoms with Gasteiger partial charge in [0.25, 0.3) is 0 Å². The lowest BCUT2D eigenvalue weighted by Crippen LogP contribution is -2.46. The SMILES string of the molecule is CCOC(=O)c1ccc(NC(=O)NCCCCN2CCN(Cc3ccc(Cl)cc3)CC2)cc1. The average molecular weight is 473 g/mol. The minimum atomic E-state index is -0.364. The number of benzene rings is 2. The smallest absolute Gasteiger partial charge is 0.338 e. The van der Waals surface area contributed by atoms with E-state index in [4.69, 9.17) is 16.3 Å². The molecule has 0 aliphatic carbocycles. The largest absolute Gasteiger partial charge is 0.462 e. The first-order valence-corrected chi connectivity index (χ1v) is 11.9. The maximum atomic E-state index is 12.1. The summed E-state index contributed by atoms with van der Waals surface area (Å²) in [6.45, 7) is 9.03. The minimum absolute atomic E-state index is 0.241. The summed E-state index contributed by atoms with van der Waals surface area (Å²) in [5.74, 6) is -0.364. The number of unbranched alkanes of at least 4 members (excludes halogenated alkanes) is 1. The molecule has 2 N–H and O–H groups in total. The normalized spacial score (nSPS) is 14.6. The number of nitrogens with one attached hydrogen (secondary N) is 2. The Morgan fingerprint density at radius 3 is 2.27 bits per heavy atom. The molecule has 178 valence electrons. The third kappa shape index (κ3) is 8.68. The van der Waals surface area contributed by atoms with Crippen molar-refractivity contribution in [1.29, 1.82) is 0 Å². The fourth-order valence-corrected chi connectivity index (χ4v) is 3.89. The quantitative estimate of drug-likeness (QED) is 0.399. The molecule has 1 heterocycles. The molecule has 1 aliphatic rings. The second-order valence-electron chi connectivity index (χ2n) is 8.13. The molecule has 3 rings (SSSR count). The van der Waals surface area contributed by atoms with Gasteiger partial charge in [-0.25, -0.2) is 9.59 Å². The van der Waals surface area contributed by atoms with Crippen LogP contribution >= 0.6 is 11.6 Å². The predicted molar refractivity (Wildman–Crippen MR) is 132 cm³/mol. The van der Waals surface area contributed by atoms with Crippen molar-refractivity contribution in [1.82, 2.24) is 15.1 Å². The summed E-state index contributed by atoms with van der Waals surface area (Å²) < 4.78 is 4.95. The predicted octanol–water partition coefficient (Wildman–Crippen LogP) is 4.24. The Balaban J connectivity index is 1.25. The maximum absolute atomic E-state index is 12.1.